The molecule has 1 atom stereocenters. The zero-order valence-electron chi connectivity index (χ0n) is 13.5. The number of hydrogen-bond donors (Lipinski definition) is 0. The second-order valence-corrected chi connectivity index (χ2v) is 7.62. The molecule has 1 aliphatic heterocycles. The molecule has 2 nitrogen and oxygen atoms in total. The van der Waals surface area contributed by atoms with Crippen LogP contribution in [0, 0.1) is 11.2 Å². The molecule has 4 rings (SSSR count). The van der Waals surface area contributed by atoms with Gasteiger partial charge >= 0.3 is 0 Å². The first-order valence-electron chi connectivity index (χ1n) is 7.93. The highest BCUT2D eigenvalue weighted by Gasteiger charge is 2.44. The van der Waals surface area contributed by atoms with Gasteiger partial charge in [-0.15, -0.1) is 0 Å². The standard InChI is InChI=1S/C19H19F2NO/c1-19(2)8-14-16-12-6-10(20)4-5-11(12)17(21)13(16)7-15(23)18(14)22(3)9-19/h4-6,17H,7-9H2,1-3H3. The lowest BCUT2D eigenvalue weighted by Crippen LogP contribution is -2.40. The van der Waals surface area contributed by atoms with Gasteiger partial charge in [0.1, 0.15) is 12.0 Å². The molecule has 1 aromatic carbocycles. The van der Waals surface area contributed by atoms with Crippen LogP contribution in [0.2, 0.25) is 0 Å². The Hall–Kier alpha value is -1.97. The third kappa shape index (κ3) is 2.00. The largest absolute Gasteiger partial charge is 0.371 e. The van der Waals surface area contributed by atoms with Crippen LogP contribution in [0.1, 0.15) is 44.0 Å². The van der Waals surface area contributed by atoms with E-state index >= 15 is 0 Å². The predicted octanol–water partition coefficient (Wildman–Crippen LogP) is 4.19. The molecule has 1 unspecified atom stereocenters. The van der Waals surface area contributed by atoms with Crippen LogP contribution in [-0.4, -0.2) is 24.3 Å². The van der Waals surface area contributed by atoms with E-state index in [2.05, 4.69) is 13.8 Å². The molecule has 0 amide bonds. The Morgan fingerprint density at radius 1 is 1.30 bits per heavy atom. The van der Waals surface area contributed by atoms with Crippen molar-refractivity contribution in [1.29, 1.82) is 0 Å². The van der Waals surface area contributed by atoms with Crippen molar-refractivity contribution < 1.29 is 13.6 Å². The predicted molar refractivity (Wildman–Crippen MR) is 84.8 cm³/mol. The lowest BCUT2D eigenvalue weighted by Gasteiger charge is -2.42. The molecule has 0 radical (unpaired) electrons. The Labute approximate surface area is 134 Å². The van der Waals surface area contributed by atoms with Gasteiger partial charge in [-0.1, -0.05) is 19.9 Å². The van der Waals surface area contributed by atoms with Crippen molar-refractivity contribution in [3.05, 3.63) is 52.0 Å². The first-order chi connectivity index (χ1) is 10.8. The second-order valence-electron chi connectivity index (χ2n) is 7.62. The van der Waals surface area contributed by atoms with E-state index in [4.69, 9.17) is 0 Å². The van der Waals surface area contributed by atoms with E-state index in [0.29, 0.717) is 28.8 Å². The molecule has 0 bridgehead atoms. The van der Waals surface area contributed by atoms with Crippen LogP contribution >= 0.6 is 0 Å². The van der Waals surface area contributed by atoms with Crippen molar-refractivity contribution >= 4 is 11.4 Å². The van der Waals surface area contributed by atoms with Gasteiger partial charge in [-0.2, -0.15) is 0 Å². The van der Waals surface area contributed by atoms with Crippen molar-refractivity contribution in [3.8, 4) is 0 Å². The van der Waals surface area contributed by atoms with Crippen LogP contribution in [0.4, 0.5) is 8.78 Å². The van der Waals surface area contributed by atoms with Gasteiger partial charge in [0, 0.05) is 20.0 Å². The van der Waals surface area contributed by atoms with E-state index in [0.717, 1.165) is 17.7 Å². The Kier molecular flexibility index (Phi) is 2.88. The summed E-state index contributed by atoms with van der Waals surface area (Å²) < 4.78 is 28.6. The van der Waals surface area contributed by atoms with E-state index in [1.54, 1.807) is 0 Å². The van der Waals surface area contributed by atoms with Crippen LogP contribution in [-0.2, 0) is 4.79 Å². The first-order valence-corrected chi connectivity index (χ1v) is 7.93. The maximum absolute atomic E-state index is 14.8. The molecule has 1 aromatic rings. The lowest BCUT2D eigenvalue weighted by molar-refractivity contribution is -0.117. The number of Topliss-reactive ketones (excluding diaryl/α,β-unsaturated/α-hetero) is 1. The van der Waals surface area contributed by atoms with Gasteiger partial charge in [0.05, 0.1) is 5.70 Å². The highest BCUT2D eigenvalue weighted by atomic mass is 19.1. The number of allylic oxidation sites excluding steroid dienone is 4. The van der Waals surface area contributed by atoms with Crippen molar-refractivity contribution in [1.82, 2.24) is 4.90 Å². The summed E-state index contributed by atoms with van der Waals surface area (Å²) in [5.74, 6) is -0.389. The Morgan fingerprint density at radius 2 is 2.04 bits per heavy atom. The first kappa shape index (κ1) is 14.6. The number of rotatable bonds is 0. The number of benzene rings is 1. The number of ketones is 1. The van der Waals surface area contributed by atoms with Gasteiger partial charge in [0.2, 0.25) is 0 Å². The third-order valence-electron chi connectivity index (χ3n) is 5.09. The molecule has 0 N–H and O–H groups in total. The van der Waals surface area contributed by atoms with E-state index in [1.165, 1.54) is 18.2 Å². The molecule has 0 aromatic heterocycles. The summed E-state index contributed by atoms with van der Waals surface area (Å²) in [6.07, 6.45) is -0.495. The molecule has 1 heterocycles. The summed E-state index contributed by atoms with van der Waals surface area (Å²) in [6.45, 7) is 5.07. The minimum atomic E-state index is -1.30. The van der Waals surface area contributed by atoms with Gasteiger partial charge in [-0.25, -0.2) is 8.78 Å². The third-order valence-corrected chi connectivity index (χ3v) is 5.09. The zero-order valence-corrected chi connectivity index (χ0v) is 13.5. The summed E-state index contributed by atoms with van der Waals surface area (Å²) in [4.78, 5) is 14.6. The Bertz CT molecular complexity index is 804. The SMILES string of the molecule is CN1CC(C)(C)CC2=C1C(=O)CC1=C2c2cc(F)ccc2C1F. The normalized spacial score (nSPS) is 25.5. The molecule has 0 saturated carbocycles. The molecule has 23 heavy (non-hydrogen) atoms. The number of alkyl halides is 1. The van der Waals surface area contributed by atoms with Crippen LogP contribution < -0.4 is 0 Å². The van der Waals surface area contributed by atoms with Crippen molar-refractivity contribution in [2.45, 2.75) is 32.9 Å². The minimum absolute atomic E-state index is 0.00873. The van der Waals surface area contributed by atoms with E-state index in [1.807, 2.05) is 11.9 Å². The lowest BCUT2D eigenvalue weighted by atomic mass is 9.74. The maximum Gasteiger partial charge on any atom is 0.183 e. The summed E-state index contributed by atoms with van der Waals surface area (Å²) in [6, 6.07) is 4.21. The number of carbonyl (C=O) groups is 1. The number of hydrogen-bond acceptors (Lipinski definition) is 2. The molecular formula is C19H19F2NO. The molecule has 3 aliphatic rings. The van der Waals surface area contributed by atoms with Crippen molar-refractivity contribution in [2.24, 2.45) is 5.41 Å². The second kappa shape index (κ2) is 4.53. The summed E-state index contributed by atoms with van der Waals surface area (Å²) in [5.41, 5.74) is 3.98. The van der Waals surface area contributed by atoms with Crippen LogP contribution in [0.15, 0.2) is 35.0 Å². The van der Waals surface area contributed by atoms with E-state index < -0.39 is 6.17 Å². The monoisotopic (exact) mass is 315 g/mol. The number of likely N-dealkylation sites (N-methyl/N-ethyl adjacent to an activating group) is 1. The van der Waals surface area contributed by atoms with Crippen LogP contribution in [0.3, 0.4) is 0 Å². The summed E-state index contributed by atoms with van der Waals surface area (Å²) in [5, 5.41) is 0. The van der Waals surface area contributed by atoms with Gasteiger partial charge in [-0.05, 0) is 51.8 Å². The zero-order chi connectivity index (χ0) is 16.5. The molecule has 4 heteroatoms. The average Bonchev–Trinajstić information content (AvgIpc) is 2.69. The van der Waals surface area contributed by atoms with Gasteiger partial charge < -0.3 is 4.90 Å². The molecule has 2 aliphatic carbocycles. The maximum atomic E-state index is 14.8. The molecule has 0 saturated heterocycles. The number of nitrogens with zero attached hydrogens (tertiary/aromatic N) is 1. The fourth-order valence-electron chi connectivity index (χ4n) is 4.40. The van der Waals surface area contributed by atoms with E-state index in [-0.39, 0.29) is 23.4 Å². The molecule has 0 spiro atoms. The summed E-state index contributed by atoms with van der Waals surface area (Å²) in [7, 11) is 1.91. The number of halogens is 2. The molecule has 0 fully saturated rings. The quantitative estimate of drug-likeness (QED) is 0.715. The van der Waals surface area contributed by atoms with E-state index in [9.17, 15) is 13.6 Å². The fraction of sp³-hybridized carbons (Fsp3) is 0.421. The topological polar surface area (TPSA) is 20.3 Å². The van der Waals surface area contributed by atoms with Crippen LogP contribution in [0.25, 0.3) is 5.57 Å². The van der Waals surface area contributed by atoms with Crippen molar-refractivity contribution in [2.75, 3.05) is 13.6 Å². The molecule has 120 valence electrons. The number of fused-ring (bicyclic) bond motifs is 3. The van der Waals surface area contributed by atoms with Gasteiger partial charge in [-0.3, -0.25) is 4.79 Å². The van der Waals surface area contributed by atoms with Gasteiger partial charge in [0.25, 0.3) is 0 Å². The highest BCUT2D eigenvalue weighted by Crippen LogP contribution is 2.54. The Morgan fingerprint density at radius 3 is 2.78 bits per heavy atom. The van der Waals surface area contributed by atoms with Crippen LogP contribution in [0.5, 0.6) is 0 Å². The van der Waals surface area contributed by atoms with Crippen molar-refractivity contribution in [3.63, 3.8) is 0 Å². The molecular weight excluding hydrogens is 296 g/mol. The average molecular weight is 315 g/mol. The van der Waals surface area contributed by atoms with Gasteiger partial charge in [0.15, 0.2) is 5.78 Å². The fourth-order valence-corrected chi connectivity index (χ4v) is 4.40. The Balaban J connectivity index is 1.97. The summed E-state index contributed by atoms with van der Waals surface area (Å²) >= 11 is 0. The highest BCUT2D eigenvalue weighted by molar-refractivity contribution is 6.07. The smallest absolute Gasteiger partial charge is 0.183 e. The number of carbonyl (C=O) groups excluding carboxylic acids is 1. The minimum Gasteiger partial charge on any atom is -0.371 e.